The van der Waals surface area contributed by atoms with E-state index in [2.05, 4.69) is 28.3 Å². The van der Waals surface area contributed by atoms with Crippen molar-refractivity contribution < 1.29 is 8.42 Å². The first-order valence-electron chi connectivity index (χ1n) is 9.81. The molecule has 1 aliphatic carbocycles. The van der Waals surface area contributed by atoms with Crippen molar-refractivity contribution in [3.63, 3.8) is 0 Å². The molecule has 4 nitrogen and oxygen atoms in total. The molecular weight excluding hydrogens is 368 g/mol. The van der Waals surface area contributed by atoms with E-state index in [0.717, 1.165) is 43.4 Å². The lowest BCUT2D eigenvalue weighted by molar-refractivity contribution is 0.423. The smallest absolute Gasteiger partial charge is 0.202 e. The maximum absolute atomic E-state index is 11.5. The molecule has 0 saturated carbocycles. The SMILES string of the molecule is O=[SH](=O)NC(c1ccccc1)[C@H](NCCCC1=CCC=CC1)c1ccccc1. The Kier molecular flexibility index (Phi) is 8.03. The summed E-state index contributed by atoms with van der Waals surface area (Å²) in [5, 5.41) is 3.60. The Labute approximate surface area is 169 Å². The highest BCUT2D eigenvalue weighted by Gasteiger charge is 2.24. The number of rotatable bonds is 10. The average molecular weight is 397 g/mol. The fraction of sp³-hybridized carbons (Fsp3) is 0.304. The zero-order chi connectivity index (χ0) is 19.6. The number of hydrogen-bond acceptors (Lipinski definition) is 3. The maximum Gasteiger partial charge on any atom is 0.202 e. The van der Waals surface area contributed by atoms with E-state index in [9.17, 15) is 8.42 Å². The number of hydrogen-bond donors (Lipinski definition) is 3. The molecule has 0 aromatic heterocycles. The molecule has 0 amide bonds. The van der Waals surface area contributed by atoms with Crippen LogP contribution < -0.4 is 10.0 Å². The third-order valence-corrected chi connectivity index (χ3v) is 5.51. The number of thiol groups is 1. The lowest BCUT2D eigenvalue weighted by Crippen LogP contribution is -2.35. The van der Waals surface area contributed by atoms with E-state index in [-0.39, 0.29) is 12.1 Å². The molecule has 28 heavy (non-hydrogen) atoms. The van der Waals surface area contributed by atoms with Gasteiger partial charge in [0.15, 0.2) is 0 Å². The van der Waals surface area contributed by atoms with Gasteiger partial charge >= 0.3 is 0 Å². The standard InChI is InChI=1S/C23H28N2O2S/c26-28(27)25-23(21-16-8-3-9-17-21)22(20-14-6-2-7-15-20)24-18-10-13-19-11-4-1-5-12-19/h1-4,6-9,12,14-17,22-24,28H,5,10-11,13,18H2,(H,25,26,27)/t22-,23?/m1/s1. The van der Waals surface area contributed by atoms with E-state index in [4.69, 9.17) is 0 Å². The first-order valence-corrected chi connectivity index (χ1v) is 11.0. The van der Waals surface area contributed by atoms with Gasteiger partial charge in [-0.2, -0.15) is 0 Å². The summed E-state index contributed by atoms with van der Waals surface area (Å²) in [6.45, 7) is 0.821. The fourth-order valence-electron chi connectivity index (χ4n) is 3.63. The van der Waals surface area contributed by atoms with E-state index in [0.29, 0.717) is 0 Å². The maximum atomic E-state index is 11.5. The molecule has 0 fully saturated rings. The van der Waals surface area contributed by atoms with Crippen molar-refractivity contribution in [2.75, 3.05) is 6.54 Å². The van der Waals surface area contributed by atoms with E-state index in [1.807, 2.05) is 60.7 Å². The molecule has 0 aliphatic heterocycles. The normalized spacial score (nSPS) is 16.0. The molecule has 2 atom stereocenters. The van der Waals surface area contributed by atoms with Gasteiger partial charge in [-0.1, -0.05) is 84.5 Å². The lowest BCUT2D eigenvalue weighted by Gasteiger charge is -2.28. The van der Waals surface area contributed by atoms with Crippen LogP contribution in [-0.4, -0.2) is 15.0 Å². The zero-order valence-electron chi connectivity index (χ0n) is 16.0. The molecule has 2 N–H and O–H groups in total. The van der Waals surface area contributed by atoms with Crippen LogP contribution in [0.5, 0.6) is 0 Å². The van der Waals surface area contributed by atoms with Crippen molar-refractivity contribution in [2.24, 2.45) is 0 Å². The molecule has 2 aromatic carbocycles. The predicted octanol–water partition coefficient (Wildman–Crippen LogP) is 4.23. The minimum absolute atomic E-state index is 0.142. The molecular formula is C23H28N2O2S. The second-order valence-electron chi connectivity index (χ2n) is 6.99. The summed E-state index contributed by atoms with van der Waals surface area (Å²) < 4.78 is 25.8. The molecule has 0 saturated heterocycles. The van der Waals surface area contributed by atoms with Crippen LogP contribution in [0.15, 0.2) is 84.5 Å². The lowest BCUT2D eigenvalue weighted by atomic mass is 9.93. The molecule has 1 aliphatic rings. The van der Waals surface area contributed by atoms with E-state index < -0.39 is 10.9 Å². The second kappa shape index (κ2) is 11.0. The zero-order valence-corrected chi connectivity index (χ0v) is 16.9. The van der Waals surface area contributed by atoms with Crippen LogP contribution in [0.4, 0.5) is 0 Å². The Hall–Kier alpha value is -2.21. The van der Waals surface area contributed by atoms with Crippen molar-refractivity contribution in [1.29, 1.82) is 0 Å². The van der Waals surface area contributed by atoms with Crippen LogP contribution in [-0.2, 0) is 10.9 Å². The molecule has 3 rings (SSSR count). The average Bonchev–Trinajstić information content (AvgIpc) is 2.74. The third-order valence-electron chi connectivity index (χ3n) is 5.02. The van der Waals surface area contributed by atoms with Crippen molar-refractivity contribution in [3.8, 4) is 0 Å². The van der Waals surface area contributed by atoms with Crippen LogP contribution in [0.25, 0.3) is 0 Å². The molecule has 0 bridgehead atoms. The van der Waals surface area contributed by atoms with Gasteiger partial charge in [-0.05, 0) is 43.4 Å². The number of allylic oxidation sites excluding steroid dienone is 4. The van der Waals surface area contributed by atoms with Crippen molar-refractivity contribution in [3.05, 3.63) is 95.6 Å². The van der Waals surface area contributed by atoms with Gasteiger partial charge in [0.1, 0.15) is 0 Å². The molecule has 2 aromatic rings. The van der Waals surface area contributed by atoms with Gasteiger partial charge in [0.05, 0.1) is 12.1 Å². The van der Waals surface area contributed by atoms with E-state index in [1.54, 1.807) is 0 Å². The Morgan fingerprint density at radius 3 is 2.07 bits per heavy atom. The number of nitrogens with one attached hydrogen (secondary N) is 2. The highest BCUT2D eigenvalue weighted by atomic mass is 32.2. The fourth-order valence-corrected chi connectivity index (χ4v) is 4.16. The van der Waals surface area contributed by atoms with Crippen LogP contribution in [0, 0.1) is 0 Å². The van der Waals surface area contributed by atoms with Crippen LogP contribution >= 0.6 is 0 Å². The van der Waals surface area contributed by atoms with Gasteiger partial charge in [0.25, 0.3) is 0 Å². The van der Waals surface area contributed by atoms with Gasteiger partial charge in [-0.3, -0.25) is 0 Å². The van der Waals surface area contributed by atoms with Gasteiger partial charge in [0, 0.05) is 0 Å². The van der Waals surface area contributed by atoms with Gasteiger partial charge in [0.2, 0.25) is 10.9 Å². The van der Waals surface area contributed by atoms with Gasteiger partial charge in [-0.15, -0.1) is 0 Å². The first-order chi connectivity index (χ1) is 13.7. The van der Waals surface area contributed by atoms with Gasteiger partial charge in [-0.25, -0.2) is 13.1 Å². The van der Waals surface area contributed by atoms with E-state index >= 15 is 0 Å². The third kappa shape index (κ3) is 6.16. The minimum atomic E-state index is -2.72. The van der Waals surface area contributed by atoms with Crippen molar-refractivity contribution >= 4 is 10.9 Å². The summed E-state index contributed by atoms with van der Waals surface area (Å²) in [6, 6.07) is 19.3. The molecule has 148 valence electrons. The monoisotopic (exact) mass is 396 g/mol. The Morgan fingerprint density at radius 1 is 0.857 bits per heavy atom. The highest BCUT2D eigenvalue weighted by molar-refractivity contribution is 7.70. The van der Waals surface area contributed by atoms with Crippen LogP contribution in [0.3, 0.4) is 0 Å². The molecule has 1 unspecified atom stereocenters. The topological polar surface area (TPSA) is 58.2 Å². The summed E-state index contributed by atoms with van der Waals surface area (Å²) in [5.41, 5.74) is 3.50. The highest BCUT2D eigenvalue weighted by Crippen LogP contribution is 2.29. The molecule has 0 radical (unpaired) electrons. The van der Waals surface area contributed by atoms with Crippen molar-refractivity contribution in [1.82, 2.24) is 10.0 Å². The number of benzene rings is 2. The summed E-state index contributed by atoms with van der Waals surface area (Å²) in [7, 11) is -2.72. The van der Waals surface area contributed by atoms with E-state index in [1.165, 1.54) is 5.57 Å². The summed E-state index contributed by atoms with van der Waals surface area (Å²) in [5.74, 6) is 0. The largest absolute Gasteiger partial charge is 0.308 e. The Morgan fingerprint density at radius 2 is 1.50 bits per heavy atom. The molecule has 0 spiro atoms. The predicted molar refractivity (Wildman–Crippen MR) is 116 cm³/mol. The molecule has 0 heterocycles. The van der Waals surface area contributed by atoms with Crippen LogP contribution in [0.1, 0.15) is 48.9 Å². The van der Waals surface area contributed by atoms with Crippen molar-refractivity contribution in [2.45, 2.75) is 37.8 Å². The first kappa shape index (κ1) is 20.5. The summed E-state index contributed by atoms with van der Waals surface area (Å²) >= 11 is 0. The summed E-state index contributed by atoms with van der Waals surface area (Å²) in [6.07, 6.45) is 10.9. The van der Waals surface area contributed by atoms with Gasteiger partial charge < -0.3 is 5.32 Å². The Balaban J connectivity index is 1.74. The van der Waals surface area contributed by atoms with Crippen LogP contribution in [0.2, 0.25) is 0 Å². The minimum Gasteiger partial charge on any atom is -0.308 e. The quantitative estimate of drug-likeness (QED) is 0.320. The summed E-state index contributed by atoms with van der Waals surface area (Å²) in [4.78, 5) is 0. The molecule has 5 heteroatoms. The Bertz CT molecular complexity index is 853. The second-order valence-corrected chi connectivity index (χ2v) is 7.77.